The highest BCUT2D eigenvalue weighted by molar-refractivity contribution is 5.84. The number of rotatable bonds is 3. The Morgan fingerprint density at radius 1 is 1.04 bits per heavy atom. The van der Waals surface area contributed by atoms with E-state index in [1.165, 1.54) is 12.5 Å². The van der Waals surface area contributed by atoms with E-state index in [1.54, 1.807) is 19.1 Å². The standard InChI is InChI=1S/C17H22N2O4/c1-11(20)19-9-14(10-19)17(21)18-5-4-12-6-15(22-2)16(23-3)7-13(12)8-18/h6-7,14H,4-5,8-10H2,1-3H3. The van der Waals surface area contributed by atoms with Gasteiger partial charge in [-0.2, -0.15) is 0 Å². The van der Waals surface area contributed by atoms with Gasteiger partial charge in [-0.1, -0.05) is 0 Å². The van der Waals surface area contributed by atoms with E-state index in [0.29, 0.717) is 31.9 Å². The molecule has 124 valence electrons. The lowest BCUT2D eigenvalue weighted by Gasteiger charge is -2.41. The van der Waals surface area contributed by atoms with Gasteiger partial charge in [0, 0.05) is 33.1 Å². The molecule has 0 atom stereocenters. The molecule has 23 heavy (non-hydrogen) atoms. The zero-order valence-electron chi connectivity index (χ0n) is 13.8. The van der Waals surface area contributed by atoms with E-state index in [0.717, 1.165) is 17.7 Å². The third-order valence-corrected chi connectivity index (χ3v) is 4.71. The zero-order chi connectivity index (χ0) is 16.6. The fourth-order valence-corrected chi connectivity index (χ4v) is 3.22. The Bertz CT molecular complexity index is 638. The molecule has 0 spiro atoms. The molecule has 2 aliphatic rings. The number of nitrogens with zero attached hydrogens (tertiary/aromatic N) is 2. The van der Waals surface area contributed by atoms with Crippen molar-refractivity contribution >= 4 is 11.8 Å². The van der Waals surface area contributed by atoms with Gasteiger partial charge in [0.2, 0.25) is 11.8 Å². The summed E-state index contributed by atoms with van der Waals surface area (Å²) >= 11 is 0. The number of benzene rings is 1. The summed E-state index contributed by atoms with van der Waals surface area (Å²) in [6.07, 6.45) is 0.810. The fourth-order valence-electron chi connectivity index (χ4n) is 3.22. The number of fused-ring (bicyclic) bond motifs is 1. The average molecular weight is 318 g/mol. The number of methoxy groups -OCH3 is 2. The summed E-state index contributed by atoms with van der Waals surface area (Å²) in [7, 11) is 3.24. The average Bonchev–Trinajstić information content (AvgIpc) is 2.50. The highest BCUT2D eigenvalue weighted by Gasteiger charge is 2.37. The normalized spacial score (nSPS) is 17.3. The third kappa shape index (κ3) is 2.85. The van der Waals surface area contributed by atoms with Crippen LogP contribution in [0.1, 0.15) is 18.1 Å². The van der Waals surface area contributed by atoms with Crippen LogP contribution in [-0.2, 0) is 22.6 Å². The first kappa shape index (κ1) is 15.6. The summed E-state index contributed by atoms with van der Waals surface area (Å²) in [6.45, 7) is 3.92. The minimum atomic E-state index is -0.0550. The second-order valence-corrected chi connectivity index (χ2v) is 6.11. The molecule has 2 aliphatic heterocycles. The van der Waals surface area contributed by atoms with Crippen molar-refractivity contribution in [2.45, 2.75) is 19.9 Å². The highest BCUT2D eigenvalue weighted by Crippen LogP contribution is 2.33. The van der Waals surface area contributed by atoms with Crippen molar-refractivity contribution in [3.05, 3.63) is 23.3 Å². The highest BCUT2D eigenvalue weighted by atomic mass is 16.5. The molecule has 2 heterocycles. The van der Waals surface area contributed by atoms with E-state index in [2.05, 4.69) is 0 Å². The Morgan fingerprint density at radius 3 is 2.22 bits per heavy atom. The van der Waals surface area contributed by atoms with Crippen molar-refractivity contribution in [3.63, 3.8) is 0 Å². The van der Waals surface area contributed by atoms with Gasteiger partial charge in [-0.15, -0.1) is 0 Å². The number of likely N-dealkylation sites (tertiary alicyclic amines) is 1. The van der Waals surface area contributed by atoms with Crippen molar-refractivity contribution in [3.8, 4) is 11.5 Å². The van der Waals surface area contributed by atoms with Crippen LogP contribution in [0.2, 0.25) is 0 Å². The summed E-state index contributed by atoms with van der Waals surface area (Å²) in [5.74, 6) is 1.53. The molecular weight excluding hydrogens is 296 g/mol. The molecule has 0 unspecified atom stereocenters. The predicted octanol–water partition coefficient (Wildman–Crippen LogP) is 1.07. The summed E-state index contributed by atoms with van der Waals surface area (Å²) in [4.78, 5) is 27.4. The Hall–Kier alpha value is -2.24. The van der Waals surface area contributed by atoms with E-state index in [1.807, 2.05) is 17.0 Å². The summed E-state index contributed by atoms with van der Waals surface area (Å²) < 4.78 is 10.7. The van der Waals surface area contributed by atoms with Crippen molar-refractivity contribution in [1.29, 1.82) is 0 Å². The molecule has 6 nitrogen and oxygen atoms in total. The Morgan fingerprint density at radius 2 is 1.65 bits per heavy atom. The zero-order valence-corrected chi connectivity index (χ0v) is 13.8. The number of ether oxygens (including phenoxy) is 2. The molecule has 0 aliphatic carbocycles. The maximum absolute atomic E-state index is 12.6. The molecular formula is C17H22N2O4. The summed E-state index contributed by atoms with van der Waals surface area (Å²) in [5, 5.41) is 0. The Balaban J connectivity index is 1.70. The molecule has 6 heteroatoms. The van der Waals surface area contributed by atoms with Gasteiger partial charge in [0.25, 0.3) is 0 Å². The van der Waals surface area contributed by atoms with Gasteiger partial charge in [-0.05, 0) is 29.7 Å². The minimum absolute atomic E-state index is 0.0369. The SMILES string of the molecule is COc1cc2c(cc1OC)CN(C(=O)C1CN(C(C)=O)C1)CC2. The number of amides is 2. The molecule has 1 aromatic rings. The van der Waals surface area contributed by atoms with Crippen LogP contribution in [0.15, 0.2) is 12.1 Å². The molecule has 1 aromatic carbocycles. The van der Waals surface area contributed by atoms with E-state index < -0.39 is 0 Å². The van der Waals surface area contributed by atoms with Crippen LogP contribution in [-0.4, -0.2) is 55.5 Å². The molecule has 1 saturated heterocycles. The molecule has 0 aromatic heterocycles. The van der Waals surface area contributed by atoms with Crippen LogP contribution in [0.3, 0.4) is 0 Å². The predicted molar refractivity (Wildman–Crippen MR) is 84.4 cm³/mol. The van der Waals surface area contributed by atoms with Gasteiger partial charge in [0.15, 0.2) is 11.5 Å². The van der Waals surface area contributed by atoms with Gasteiger partial charge in [-0.25, -0.2) is 0 Å². The van der Waals surface area contributed by atoms with Gasteiger partial charge in [-0.3, -0.25) is 9.59 Å². The maximum atomic E-state index is 12.6. The second-order valence-electron chi connectivity index (χ2n) is 6.11. The van der Waals surface area contributed by atoms with Gasteiger partial charge in [0.1, 0.15) is 0 Å². The molecule has 2 amide bonds. The van der Waals surface area contributed by atoms with Crippen molar-refractivity contribution in [2.24, 2.45) is 5.92 Å². The van der Waals surface area contributed by atoms with Crippen LogP contribution < -0.4 is 9.47 Å². The van der Waals surface area contributed by atoms with Crippen LogP contribution in [0.5, 0.6) is 11.5 Å². The van der Waals surface area contributed by atoms with Crippen molar-refractivity contribution in [1.82, 2.24) is 9.80 Å². The van der Waals surface area contributed by atoms with Crippen molar-refractivity contribution in [2.75, 3.05) is 33.9 Å². The summed E-state index contributed by atoms with van der Waals surface area (Å²) in [5.41, 5.74) is 2.30. The van der Waals surface area contributed by atoms with E-state index in [9.17, 15) is 9.59 Å². The molecule has 0 saturated carbocycles. The molecule has 0 bridgehead atoms. The first-order valence-corrected chi connectivity index (χ1v) is 7.81. The van der Waals surface area contributed by atoms with Crippen molar-refractivity contribution < 1.29 is 19.1 Å². The van der Waals surface area contributed by atoms with Crippen LogP contribution in [0, 0.1) is 5.92 Å². The quantitative estimate of drug-likeness (QED) is 0.836. The van der Waals surface area contributed by atoms with Crippen LogP contribution in [0.25, 0.3) is 0 Å². The fraction of sp³-hybridized carbons (Fsp3) is 0.529. The van der Waals surface area contributed by atoms with E-state index in [-0.39, 0.29) is 17.7 Å². The molecule has 0 radical (unpaired) electrons. The van der Waals surface area contributed by atoms with Gasteiger partial charge in [0.05, 0.1) is 20.1 Å². The Labute approximate surface area is 136 Å². The first-order valence-electron chi connectivity index (χ1n) is 7.81. The Kier molecular flexibility index (Phi) is 4.15. The number of carbonyl (C=O) groups excluding carboxylic acids is 2. The first-order chi connectivity index (χ1) is 11.0. The van der Waals surface area contributed by atoms with Crippen LogP contribution >= 0.6 is 0 Å². The topological polar surface area (TPSA) is 59.1 Å². The smallest absolute Gasteiger partial charge is 0.229 e. The molecule has 3 rings (SSSR count). The second kappa shape index (κ2) is 6.10. The largest absolute Gasteiger partial charge is 0.493 e. The number of carbonyl (C=O) groups is 2. The monoisotopic (exact) mass is 318 g/mol. The maximum Gasteiger partial charge on any atom is 0.229 e. The molecule has 0 N–H and O–H groups in total. The van der Waals surface area contributed by atoms with Gasteiger partial charge < -0.3 is 19.3 Å². The summed E-state index contributed by atoms with van der Waals surface area (Å²) in [6, 6.07) is 3.95. The van der Waals surface area contributed by atoms with Crippen LogP contribution in [0.4, 0.5) is 0 Å². The molecule has 1 fully saturated rings. The number of hydrogen-bond acceptors (Lipinski definition) is 4. The third-order valence-electron chi connectivity index (χ3n) is 4.71. The lowest BCUT2D eigenvalue weighted by Crippen LogP contribution is -2.56. The number of hydrogen-bond donors (Lipinski definition) is 0. The van der Waals surface area contributed by atoms with E-state index in [4.69, 9.17) is 9.47 Å². The lowest BCUT2D eigenvalue weighted by atomic mass is 9.94. The van der Waals surface area contributed by atoms with Gasteiger partial charge >= 0.3 is 0 Å². The lowest BCUT2D eigenvalue weighted by molar-refractivity contribution is -0.148. The minimum Gasteiger partial charge on any atom is -0.493 e. The van der Waals surface area contributed by atoms with E-state index >= 15 is 0 Å².